The molecule has 3 unspecified atom stereocenters. The number of hydrogen-bond acceptors (Lipinski definition) is 7. The lowest BCUT2D eigenvalue weighted by atomic mass is 10.00. The average Bonchev–Trinajstić information content (AvgIpc) is 2.70. The summed E-state index contributed by atoms with van der Waals surface area (Å²) in [5, 5.41) is 22.2. The summed E-state index contributed by atoms with van der Waals surface area (Å²) < 4.78 is 32.8. The van der Waals surface area contributed by atoms with E-state index in [0.29, 0.717) is 10.6 Å². The minimum Gasteiger partial charge on any atom is -0.595 e. The van der Waals surface area contributed by atoms with Crippen LogP contribution >= 0.6 is 11.6 Å². The van der Waals surface area contributed by atoms with Crippen molar-refractivity contribution in [3.63, 3.8) is 0 Å². The van der Waals surface area contributed by atoms with Gasteiger partial charge in [-0.1, -0.05) is 35.9 Å². The van der Waals surface area contributed by atoms with Gasteiger partial charge in [-0.15, -0.1) is 0 Å². The molecule has 2 aromatic carbocycles. The van der Waals surface area contributed by atoms with Crippen molar-refractivity contribution in [2.24, 2.45) is 0 Å². The zero-order chi connectivity index (χ0) is 22.5. The van der Waals surface area contributed by atoms with Crippen LogP contribution < -0.4 is 15.3 Å². The fraction of sp³-hybridized carbons (Fsp3) is 0.222. The largest absolute Gasteiger partial charge is 0.595 e. The second-order valence-corrected chi connectivity index (χ2v) is 8.27. The molecule has 30 heavy (non-hydrogen) atoms. The normalized spacial score (nSPS) is 14.4. The first-order valence-electron chi connectivity index (χ1n) is 8.52. The SMILES string of the molecule is COC(=O)C(NS(=O)(=O)c1ccccc1[NH+]([O-])O)C(NC(C)=O)c1ccc(Cl)cc1. The van der Waals surface area contributed by atoms with E-state index in [1.54, 1.807) is 0 Å². The van der Waals surface area contributed by atoms with Gasteiger partial charge in [0.1, 0.15) is 10.9 Å². The molecule has 162 valence electrons. The molecule has 0 aliphatic heterocycles. The number of halogens is 1. The molecule has 3 atom stereocenters. The quantitative estimate of drug-likeness (QED) is 0.332. The highest BCUT2D eigenvalue weighted by molar-refractivity contribution is 7.89. The Morgan fingerprint density at radius 3 is 2.30 bits per heavy atom. The van der Waals surface area contributed by atoms with Crippen LogP contribution in [0.15, 0.2) is 53.4 Å². The van der Waals surface area contributed by atoms with E-state index in [0.717, 1.165) is 19.2 Å². The molecule has 0 radical (unpaired) electrons. The number of sulfonamides is 1. The Morgan fingerprint density at radius 1 is 1.17 bits per heavy atom. The van der Waals surface area contributed by atoms with Gasteiger partial charge in [0.25, 0.3) is 0 Å². The number of methoxy groups -OCH3 is 1. The van der Waals surface area contributed by atoms with Crippen LogP contribution in [-0.2, 0) is 24.3 Å². The van der Waals surface area contributed by atoms with Crippen molar-refractivity contribution in [3.05, 3.63) is 64.3 Å². The zero-order valence-corrected chi connectivity index (χ0v) is 17.5. The second-order valence-electron chi connectivity index (χ2n) is 6.15. The number of rotatable bonds is 8. The summed E-state index contributed by atoms with van der Waals surface area (Å²) >= 11 is 5.88. The van der Waals surface area contributed by atoms with Crippen molar-refractivity contribution in [1.82, 2.24) is 10.0 Å². The number of hydrogen-bond donors (Lipinski definition) is 4. The highest BCUT2D eigenvalue weighted by Gasteiger charge is 2.36. The van der Waals surface area contributed by atoms with Gasteiger partial charge in [-0.2, -0.15) is 9.95 Å². The molecule has 1 amide bonds. The van der Waals surface area contributed by atoms with Crippen molar-refractivity contribution in [2.45, 2.75) is 23.9 Å². The first-order valence-corrected chi connectivity index (χ1v) is 10.4. The summed E-state index contributed by atoms with van der Waals surface area (Å²) in [6.07, 6.45) is 0. The third-order valence-corrected chi connectivity index (χ3v) is 5.82. The van der Waals surface area contributed by atoms with Crippen LogP contribution in [0.5, 0.6) is 0 Å². The van der Waals surface area contributed by atoms with Gasteiger partial charge in [-0.05, 0) is 23.8 Å². The predicted octanol–water partition coefficient (Wildman–Crippen LogP) is 0.441. The summed E-state index contributed by atoms with van der Waals surface area (Å²) in [6.45, 7) is 1.20. The van der Waals surface area contributed by atoms with Crippen molar-refractivity contribution in [1.29, 1.82) is 0 Å². The van der Waals surface area contributed by atoms with Crippen molar-refractivity contribution in [2.75, 3.05) is 7.11 Å². The average molecular weight is 458 g/mol. The number of carbonyl (C=O) groups is 2. The van der Waals surface area contributed by atoms with E-state index in [9.17, 15) is 28.4 Å². The van der Waals surface area contributed by atoms with Crippen molar-refractivity contribution >= 4 is 39.2 Å². The number of benzene rings is 2. The maximum atomic E-state index is 12.9. The Balaban J connectivity index is 2.53. The van der Waals surface area contributed by atoms with Crippen LogP contribution in [0, 0.1) is 5.21 Å². The number of amides is 1. The standard InChI is InChI=1S/C18H20ClN3O7S/c1-11(23)20-16(12-7-9-13(19)10-8-12)17(18(24)29-2)21-30(27,28)15-6-4-3-5-14(15)22(25)26/h3-10,16-17,21-22,25H,1-2H3,(H,20,23). The highest BCUT2D eigenvalue weighted by atomic mass is 35.5. The minimum atomic E-state index is -4.50. The van der Waals surface area contributed by atoms with E-state index in [1.807, 2.05) is 0 Å². The number of esters is 1. The number of para-hydroxylation sites is 1. The predicted molar refractivity (Wildman–Crippen MR) is 106 cm³/mol. The highest BCUT2D eigenvalue weighted by Crippen LogP contribution is 2.24. The molecule has 2 aromatic rings. The summed E-state index contributed by atoms with van der Waals surface area (Å²) in [4.78, 5) is 23.7. The summed E-state index contributed by atoms with van der Waals surface area (Å²) in [5.74, 6) is -1.52. The van der Waals surface area contributed by atoms with Gasteiger partial charge < -0.3 is 15.3 Å². The Labute approximate surface area is 178 Å². The molecule has 0 aromatic heterocycles. The molecule has 0 saturated heterocycles. The van der Waals surface area contributed by atoms with Gasteiger partial charge in [0.15, 0.2) is 5.69 Å². The smallest absolute Gasteiger partial charge is 0.326 e. The van der Waals surface area contributed by atoms with E-state index in [2.05, 4.69) is 10.0 Å². The molecule has 12 heteroatoms. The van der Waals surface area contributed by atoms with Crippen LogP contribution in [0.2, 0.25) is 5.02 Å². The van der Waals surface area contributed by atoms with Crippen LogP contribution in [0.3, 0.4) is 0 Å². The summed E-state index contributed by atoms with van der Waals surface area (Å²) in [7, 11) is -3.44. The first kappa shape index (κ1) is 23.7. The molecule has 0 aliphatic rings. The molecule has 0 heterocycles. The second kappa shape index (κ2) is 9.98. The molecule has 0 saturated carbocycles. The monoisotopic (exact) mass is 457 g/mol. The van der Waals surface area contributed by atoms with Crippen molar-refractivity contribution in [3.8, 4) is 0 Å². The molecule has 2 rings (SSSR count). The molecule has 0 fully saturated rings. The van der Waals surface area contributed by atoms with Crippen LogP contribution in [0.25, 0.3) is 0 Å². The van der Waals surface area contributed by atoms with Gasteiger partial charge in [-0.25, -0.2) is 13.6 Å². The van der Waals surface area contributed by atoms with E-state index in [4.69, 9.17) is 16.3 Å². The van der Waals surface area contributed by atoms with Crippen LogP contribution in [-0.4, -0.2) is 38.7 Å². The third kappa shape index (κ3) is 5.75. The van der Waals surface area contributed by atoms with Crippen LogP contribution in [0.4, 0.5) is 5.69 Å². The van der Waals surface area contributed by atoms with Gasteiger partial charge in [0.2, 0.25) is 15.9 Å². The topological polar surface area (TPSA) is 149 Å². The summed E-state index contributed by atoms with van der Waals surface area (Å²) in [6, 6.07) is 8.22. The van der Waals surface area contributed by atoms with E-state index in [-0.39, 0.29) is 0 Å². The van der Waals surface area contributed by atoms with Gasteiger partial charge in [0, 0.05) is 18.0 Å². The Hall–Kier alpha value is -2.54. The van der Waals surface area contributed by atoms with E-state index in [1.165, 1.54) is 43.3 Å². The Morgan fingerprint density at radius 2 is 1.77 bits per heavy atom. The van der Waals surface area contributed by atoms with E-state index >= 15 is 0 Å². The maximum Gasteiger partial charge on any atom is 0.326 e. The third-order valence-electron chi connectivity index (χ3n) is 4.07. The molecule has 0 aliphatic carbocycles. The molecular weight excluding hydrogens is 438 g/mol. The lowest BCUT2D eigenvalue weighted by Crippen LogP contribution is -2.99. The molecule has 4 N–H and O–H groups in total. The fourth-order valence-corrected chi connectivity index (χ4v) is 4.26. The van der Waals surface area contributed by atoms with Gasteiger partial charge in [0.05, 0.1) is 13.2 Å². The van der Waals surface area contributed by atoms with Gasteiger partial charge >= 0.3 is 5.97 Å². The number of ether oxygens (including phenoxy) is 1. The number of nitrogens with one attached hydrogen (secondary N) is 3. The fourth-order valence-electron chi connectivity index (χ4n) is 2.74. The zero-order valence-electron chi connectivity index (χ0n) is 16.0. The lowest BCUT2D eigenvalue weighted by Gasteiger charge is -2.27. The van der Waals surface area contributed by atoms with E-state index < -0.39 is 49.8 Å². The maximum absolute atomic E-state index is 12.9. The Kier molecular flexibility index (Phi) is 7.89. The number of carbonyl (C=O) groups excluding carboxylic acids is 2. The number of quaternary nitrogens is 1. The van der Waals surface area contributed by atoms with Gasteiger partial charge in [-0.3, -0.25) is 9.59 Å². The lowest BCUT2D eigenvalue weighted by molar-refractivity contribution is -0.992. The first-order chi connectivity index (χ1) is 14.1. The summed E-state index contributed by atoms with van der Waals surface area (Å²) in [5.41, 5.74) is -0.101. The Bertz CT molecular complexity index is 1010. The van der Waals surface area contributed by atoms with Crippen LogP contribution in [0.1, 0.15) is 18.5 Å². The molecule has 0 spiro atoms. The molecule has 0 bridgehead atoms. The molecule has 10 nitrogen and oxygen atoms in total. The molecular formula is C18H20ClN3O7S. The van der Waals surface area contributed by atoms with Crippen molar-refractivity contribution < 1.29 is 33.2 Å². The minimum absolute atomic E-state index is 0.374.